The normalized spacial score (nSPS) is 9.35. The minimum Gasteiger partial charge on any atom is -0.294 e. The molecular formula is C15H18OS. The molecule has 0 bridgehead atoms. The molecule has 1 aromatic carbocycles. The van der Waals surface area contributed by atoms with Crippen molar-refractivity contribution in [3.63, 3.8) is 0 Å². The van der Waals surface area contributed by atoms with Gasteiger partial charge in [-0.05, 0) is 23.9 Å². The van der Waals surface area contributed by atoms with Crippen LogP contribution in [0.5, 0.6) is 0 Å². The van der Waals surface area contributed by atoms with E-state index >= 15 is 0 Å². The molecule has 1 aromatic heterocycles. The minimum absolute atomic E-state index is 0.155. The number of hydrogen-bond acceptors (Lipinski definition) is 2. The minimum atomic E-state index is 0.155. The van der Waals surface area contributed by atoms with Crippen LogP contribution in [0, 0.1) is 0 Å². The largest absolute Gasteiger partial charge is 0.294 e. The lowest BCUT2D eigenvalue weighted by atomic mass is 10.1. The molecule has 0 amide bonds. The van der Waals surface area contributed by atoms with E-state index in [1.165, 1.54) is 5.56 Å². The summed E-state index contributed by atoms with van der Waals surface area (Å²) in [4.78, 5) is 12.5. The summed E-state index contributed by atoms with van der Waals surface area (Å²) in [5.74, 6) is 0.155. The second-order valence-electron chi connectivity index (χ2n) is 3.48. The first-order valence-corrected chi connectivity index (χ1v) is 6.76. The van der Waals surface area contributed by atoms with Gasteiger partial charge in [-0.15, -0.1) is 11.3 Å². The van der Waals surface area contributed by atoms with E-state index in [9.17, 15) is 4.79 Å². The summed E-state index contributed by atoms with van der Waals surface area (Å²) < 4.78 is 0. The average Bonchev–Trinajstić information content (AvgIpc) is 2.81. The first kappa shape index (κ1) is 13.7. The van der Waals surface area contributed by atoms with Gasteiger partial charge in [-0.2, -0.15) is 0 Å². The van der Waals surface area contributed by atoms with Gasteiger partial charge in [0.1, 0.15) is 0 Å². The molecule has 90 valence electrons. The molecule has 0 fully saturated rings. The van der Waals surface area contributed by atoms with E-state index in [-0.39, 0.29) is 5.78 Å². The predicted molar refractivity (Wildman–Crippen MR) is 74.9 cm³/mol. The SMILES string of the molecule is CC.CC(=O)c1ccsc1Cc1ccccc1. The van der Waals surface area contributed by atoms with Gasteiger partial charge in [-0.1, -0.05) is 44.2 Å². The number of benzene rings is 1. The summed E-state index contributed by atoms with van der Waals surface area (Å²) >= 11 is 1.65. The van der Waals surface area contributed by atoms with Crippen molar-refractivity contribution in [2.75, 3.05) is 0 Å². The number of ketones is 1. The summed E-state index contributed by atoms with van der Waals surface area (Å²) in [5, 5.41) is 1.98. The lowest BCUT2D eigenvalue weighted by Crippen LogP contribution is -1.95. The number of carbonyl (C=O) groups excluding carboxylic acids is 1. The monoisotopic (exact) mass is 246 g/mol. The zero-order valence-electron chi connectivity index (χ0n) is 10.6. The summed E-state index contributed by atoms with van der Waals surface area (Å²) in [6.45, 7) is 5.62. The fourth-order valence-corrected chi connectivity index (χ4v) is 2.53. The van der Waals surface area contributed by atoms with E-state index in [4.69, 9.17) is 0 Å². The summed E-state index contributed by atoms with van der Waals surface area (Å²) in [6, 6.07) is 12.1. The Hall–Kier alpha value is -1.41. The molecule has 0 saturated carbocycles. The van der Waals surface area contributed by atoms with Gasteiger partial charge in [-0.25, -0.2) is 0 Å². The molecule has 0 aliphatic heterocycles. The highest BCUT2D eigenvalue weighted by Crippen LogP contribution is 2.20. The number of thiophene rings is 1. The van der Waals surface area contributed by atoms with Crippen LogP contribution in [0.2, 0.25) is 0 Å². The molecule has 2 aromatic rings. The van der Waals surface area contributed by atoms with Crippen molar-refractivity contribution in [3.8, 4) is 0 Å². The molecule has 0 atom stereocenters. The van der Waals surface area contributed by atoms with E-state index in [1.54, 1.807) is 18.3 Å². The van der Waals surface area contributed by atoms with Crippen LogP contribution in [0.1, 0.15) is 41.6 Å². The molecule has 0 unspecified atom stereocenters. The third kappa shape index (κ3) is 3.82. The lowest BCUT2D eigenvalue weighted by molar-refractivity contribution is 0.101. The van der Waals surface area contributed by atoms with Gasteiger partial charge in [0.2, 0.25) is 0 Å². The maximum Gasteiger partial charge on any atom is 0.160 e. The predicted octanol–water partition coefficient (Wildman–Crippen LogP) is 4.57. The fourth-order valence-electron chi connectivity index (χ4n) is 1.57. The first-order chi connectivity index (χ1) is 8.27. The molecule has 1 nitrogen and oxygen atoms in total. The molecule has 2 rings (SSSR count). The molecule has 0 N–H and O–H groups in total. The zero-order valence-corrected chi connectivity index (χ0v) is 11.4. The van der Waals surface area contributed by atoms with Gasteiger partial charge in [0.05, 0.1) is 0 Å². The maximum absolute atomic E-state index is 11.3. The van der Waals surface area contributed by atoms with Gasteiger partial charge >= 0.3 is 0 Å². The molecular weight excluding hydrogens is 228 g/mol. The number of carbonyl (C=O) groups is 1. The van der Waals surface area contributed by atoms with Crippen molar-refractivity contribution in [1.82, 2.24) is 0 Å². The first-order valence-electron chi connectivity index (χ1n) is 5.88. The van der Waals surface area contributed by atoms with E-state index in [0.29, 0.717) is 0 Å². The molecule has 0 aliphatic carbocycles. The average molecular weight is 246 g/mol. The molecule has 2 heteroatoms. The van der Waals surface area contributed by atoms with Gasteiger partial charge < -0.3 is 0 Å². The van der Waals surface area contributed by atoms with Crippen LogP contribution in [0.3, 0.4) is 0 Å². The van der Waals surface area contributed by atoms with Crippen molar-refractivity contribution in [2.24, 2.45) is 0 Å². The van der Waals surface area contributed by atoms with Crippen LogP contribution >= 0.6 is 11.3 Å². The van der Waals surface area contributed by atoms with E-state index in [1.807, 2.05) is 43.5 Å². The van der Waals surface area contributed by atoms with Gasteiger partial charge in [0.25, 0.3) is 0 Å². The Morgan fingerprint density at radius 2 is 1.76 bits per heavy atom. The Balaban J connectivity index is 0.000000686. The third-order valence-corrected chi connectivity index (χ3v) is 3.25. The van der Waals surface area contributed by atoms with Crippen LogP contribution in [0.25, 0.3) is 0 Å². The van der Waals surface area contributed by atoms with Crippen LogP contribution in [-0.2, 0) is 6.42 Å². The van der Waals surface area contributed by atoms with Crippen molar-refractivity contribution in [2.45, 2.75) is 27.2 Å². The van der Waals surface area contributed by atoms with Crippen LogP contribution in [-0.4, -0.2) is 5.78 Å². The van der Waals surface area contributed by atoms with E-state index < -0.39 is 0 Å². The number of rotatable bonds is 3. The number of Topliss-reactive ketones (excluding diaryl/α,β-unsaturated/α-hetero) is 1. The maximum atomic E-state index is 11.3. The molecule has 0 spiro atoms. The van der Waals surface area contributed by atoms with Gasteiger partial charge in [-0.3, -0.25) is 4.79 Å². The van der Waals surface area contributed by atoms with Crippen molar-refractivity contribution < 1.29 is 4.79 Å². The number of hydrogen-bond donors (Lipinski definition) is 0. The molecule has 0 radical (unpaired) electrons. The smallest absolute Gasteiger partial charge is 0.160 e. The third-order valence-electron chi connectivity index (χ3n) is 2.33. The lowest BCUT2D eigenvalue weighted by Gasteiger charge is -2.00. The van der Waals surface area contributed by atoms with E-state index in [2.05, 4.69) is 12.1 Å². The Morgan fingerprint density at radius 1 is 1.12 bits per heavy atom. The van der Waals surface area contributed by atoms with Crippen molar-refractivity contribution >= 4 is 17.1 Å². The topological polar surface area (TPSA) is 17.1 Å². The summed E-state index contributed by atoms with van der Waals surface area (Å²) in [5.41, 5.74) is 2.12. The molecule has 1 heterocycles. The second kappa shape index (κ2) is 7.02. The highest BCUT2D eigenvalue weighted by atomic mass is 32.1. The quantitative estimate of drug-likeness (QED) is 0.725. The van der Waals surface area contributed by atoms with Gasteiger partial charge in [0, 0.05) is 16.9 Å². The fraction of sp³-hybridized carbons (Fsp3) is 0.267. The second-order valence-corrected chi connectivity index (χ2v) is 4.48. The Bertz CT molecular complexity index is 457. The van der Waals surface area contributed by atoms with E-state index in [0.717, 1.165) is 16.9 Å². The Labute approximate surface area is 107 Å². The standard InChI is InChI=1S/C13H12OS.C2H6/c1-10(14)12-7-8-15-13(12)9-11-5-3-2-4-6-11;1-2/h2-8H,9H2,1H3;1-2H3. The Kier molecular flexibility index (Phi) is 5.64. The van der Waals surface area contributed by atoms with Crippen molar-refractivity contribution in [3.05, 3.63) is 57.8 Å². The summed E-state index contributed by atoms with van der Waals surface area (Å²) in [6.07, 6.45) is 0.855. The van der Waals surface area contributed by atoms with Crippen molar-refractivity contribution in [1.29, 1.82) is 0 Å². The zero-order chi connectivity index (χ0) is 12.7. The molecule has 0 aliphatic rings. The van der Waals surface area contributed by atoms with Gasteiger partial charge in [0.15, 0.2) is 5.78 Å². The highest BCUT2D eigenvalue weighted by molar-refractivity contribution is 7.10. The van der Waals surface area contributed by atoms with Crippen LogP contribution < -0.4 is 0 Å². The van der Waals surface area contributed by atoms with Crippen LogP contribution in [0.4, 0.5) is 0 Å². The summed E-state index contributed by atoms with van der Waals surface area (Å²) in [7, 11) is 0. The highest BCUT2D eigenvalue weighted by Gasteiger charge is 2.08. The molecule has 0 saturated heterocycles. The van der Waals surface area contributed by atoms with Crippen LogP contribution in [0.15, 0.2) is 41.8 Å². The Morgan fingerprint density at radius 3 is 2.35 bits per heavy atom. The molecule has 17 heavy (non-hydrogen) atoms.